The van der Waals surface area contributed by atoms with Crippen molar-refractivity contribution in [1.82, 2.24) is 0 Å². The Morgan fingerprint density at radius 3 is 2.54 bits per heavy atom. The van der Waals surface area contributed by atoms with Gasteiger partial charge >= 0.3 is 0 Å². The van der Waals surface area contributed by atoms with E-state index in [9.17, 15) is 9.18 Å². The molecule has 0 amide bonds. The number of ketones is 1. The number of likely N-dealkylation sites (N-methyl/N-ethyl adjacent to an activating group) is 1. The maximum Gasteiger partial charge on any atom is 0.167 e. The van der Waals surface area contributed by atoms with Crippen molar-refractivity contribution in [2.45, 2.75) is 24.2 Å². The number of halogens is 1. The zero-order valence-electron chi connectivity index (χ0n) is 14.0. The number of hydrogen-bond donors (Lipinski definition) is 0. The fraction of sp³-hybridized carbons (Fsp3) is 0.250. The normalized spacial score (nSPS) is 17.2. The third-order valence-corrected chi connectivity index (χ3v) is 5.52. The van der Waals surface area contributed by atoms with Gasteiger partial charge in [0, 0.05) is 34.8 Å². The lowest BCUT2D eigenvalue weighted by atomic mass is 9.83. The molecule has 0 saturated carbocycles. The van der Waals surface area contributed by atoms with E-state index in [4.69, 9.17) is 0 Å². The van der Waals surface area contributed by atoms with Gasteiger partial charge in [0.05, 0.1) is 5.75 Å². The van der Waals surface area contributed by atoms with E-state index in [0.29, 0.717) is 4.90 Å². The molecule has 0 saturated heterocycles. The number of para-hydroxylation sites is 1. The first-order valence-corrected chi connectivity index (χ1v) is 8.85. The Kier molecular flexibility index (Phi) is 4.50. The van der Waals surface area contributed by atoms with E-state index < -0.39 is 0 Å². The Balaban J connectivity index is 1.79. The van der Waals surface area contributed by atoms with Crippen LogP contribution in [-0.4, -0.2) is 18.6 Å². The number of hydrogen-bond acceptors (Lipinski definition) is 3. The molecule has 24 heavy (non-hydrogen) atoms. The van der Waals surface area contributed by atoms with Gasteiger partial charge in [0.2, 0.25) is 0 Å². The van der Waals surface area contributed by atoms with Crippen LogP contribution in [0.5, 0.6) is 0 Å². The van der Waals surface area contributed by atoms with Gasteiger partial charge < -0.3 is 4.90 Å². The molecule has 1 heterocycles. The van der Waals surface area contributed by atoms with Gasteiger partial charge in [-0.05, 0) is 23.8 Å². The third-order valence-electron chi connectivity index (χ3n) is 4.44. The van der Waals surface area contributed by atoms with Gasteiger partial charge in [-0.15, -0.1) is 11.8 Å². The fourth-order valence-electron chi connectivity index (χ4n) is 3.16. The van der Waals surface area contributed by atoms with Crippen LogP contribution in [0.15, 0.2) is 65.2 Å². The number of rotatable bonds is 4. The van der Waals surface area contributed by atoms with Crippen LogP contribution in [0.2, 0.25) is 0 Å². The number of anilines is 1. The average molecular weight is 341 g/mol. The summed E-state index contributed by atoms with van der Waals surface area (Å²) < 4.78 is 13.7. The number of carbonyl (C=O) groups is 1. The van der Waals surface area contributed by atoms with E-state index in [1.807, 2.05) is 19.2 Å². The van der Waals surface area contributed by atoms with Crippen LogP contribution in [0.1, 0.15) is 19.4 Å². The maximum absolute atomic E-state index is 13.7. The lowest BCUT2D eigenvalue weighted by molar-refractivity contribution is -0.112. The number of carbonyl (C=O) groups excluding carboxylic acids is 1. The minimum Gasteiger partial charge on any atom is -0.347 e. The number of fused-ring (bicyclic) bond motifs is 1. The van der Waals surface area contributed by atoms with Crippen LogP contribution in [-0.2, 0) is 10.2 Å². The second-order valence-electron chi connectivity index (χ2n) is 6.42. The zero-order valence-corrected chi connectivity index (χ0v) is 14.9. The molecule has 0 aromatic heterocycles. The maximum atomic E-state index is 13.7. The van der Waals surface area contributed by atoms with Crippen molar-refractivity contribution in [1.29, 1.82) is 0 Å². The Labute approximate surface area is 146 Å². The molecule has 3 rings (SSSR count). The first-order chi connectivity index (χ1) is 11.4. The van der Waals surface area contributed by atoms with Crippen LogP contribution < -0.4 is 4.90 Å². The Hall–Kier alpha value is -2.07. The van der Waals surface area contributed by atoms with Crippen molar-refractivity contribution in [3.05, 3.63) is 71.7 Å². The van der Waals surface area contributed by atoms with Gasteiger partial charge in [-0.2, -0.15) is 0 Å². The predicted molar refractivity (Wildman–Crippen MR) is 98.1 cm³/mol. The van der Waals surface area contributed by atoms with Crippen molar-refractivity contribution in [2.75, 3.05) is 17.7 Å². The number of allylic oxidation sites excluding steroid dienone is 2. The quantitative estimate of drug-likeness (QED) is 0.588. The smallest absolute Gasteiger partial charge is 0.167 e. The minimum atomic E-state index is -0.284. The Bertz CT molecular complexity index is 813. The number of nitrogens with zero attached hydrogens (tertiary/aromatic N) is 1. The van der Waals surface area contributed by atoms with E-state index in [1.54, 1.807) is 24.3 Å². The van der Waals surface area contributed by atoms with Crippen LogP contribution in [0.3, 0.4) is 0 Å². The van der Waals surface area contributed by atoms with Crippen molar-refractivity contribution in [3.63, 3.8) is 0 Å². The van der Waals surface area contributed by atoms with Gasteiger partial charge in [0.1, 0.15) is 5.82 Å². The topological polar surface area (TPSA) is 20.3 Å². The molecular formula is C20H20FNOS. The summed E-state index contributed by atoms with van der Waals surface area (Å²) in [5.74, 6) is -0.0651. The van der Waals surface area contributed by atoms with E-state index in [1.165, 1.54) is 23.4 Å². The molecule has 0 bridgehead atoms. The molecule has 2 aromatic carbocycles. The number of thioether (sulfide) groups is 1. The molecule has 124 valence electrons. The van der Waals surface area contributed by atoms with Crippen molar-refractivity contribution >= 4 is 23.2 Å². The molecule has 0 fully saturated rings. The predicted octanol–water partition coefficient (Wildman–Crippen LogP) is 4.80. The molecule has 0 radical (unpaired) electrons. The van der Waals surface area contributed by atoms with Gasteiger partial charge in [-0.3, -0.25) is 4.79 Å². The summed E-state index contributed by atoms with van der Waals surface area (Å²) in [4.78, 5) is 15.0. The van der Waals surface area contributed by atoms with Gasteiger partial charge in [0.15, 0.2) is 5.78 Å². The summed E-state index contributed by atoms with van der Waals surface area (Å²) in [5.41, 5.74) is 3.10. The molecule has 2 nitrogen and oxygen atoms in total. The molecule has 2 aromatic rings. The molecule has 0 spiro atoms. The van der Waals surface area contributed by atoms with Crippen LogP contribution in [0.25, 0.3) is 0 Å². The lowest BCUT2D eigenvalue weighted by Crippen LogP contribution is -2.24. The summed E-state index contributed by atoms with van der Waals surface area (Å²) >= 11 is 1.24. The highest BCUT2D eigenvalue weighted by Gasteiger charge is 2.38. The molecule has 0 N–H and O–H groups in total. The zero-order chi connectivity index (χ0) is 17.3. The standard InChI is InChI=1S/C20H20FNOS/c1-20(2)15-8-4-6-10-17(15)22(3)19(20)12-14(23)13-24-18-11-7-5-9-16(18)21/h4-12H,13H2,1-3H3/b19-12-. The van der Waals surface area contributed by atoms with Gasteiger partial charge in [-0.25, -0.2) is 4.39 Å². The third kappa shape index (κ3) is 2.98. The highest BCUT2D eigenvalue weighted by Crippen LogP contribution is 2.46. The SMILES string of the molecule is CN1/C(=C\C(=O)CSc2ccccc2F)C(C)(C)c2ccccc21. The summed E-state index contributed by atoms with van der Waals surface area (Å²) in [6, 6.07) is 14.7. The Morgan fingerprint density at radius 2 is 1.83 bits per heavy atom. The molecule has 0 atom stereocenters. The van der Waals surface area contributed by atoms with Crippen LogP contribution in [0.4, 0.5) is 10.1 Å². The highest BCUT2D eigenvalue weighted by atomic mass is 32.2. The van der Waals surface area contributed by atoms with Crippen molar-refractivity contribution in [3.8, 4) is 0 Å². The second kappa shape index (κ2) is 6.44. The van der Waals surface area contributed by atoms with E-state index in [-0.39, 0.29) is 22.8 Å². The average Bonchev–Trinajstić information content (AvgIpc) is 2.76. The fourth-order valence-corrected chi connectivity index (χ4v) is 3.93. The summed E-state index contributed by atoms with van der Waals surface area (Å²) in [5, 5.41) is 0. The molecule has 1 aliphatic rings. The number of benzene rings is 2. The Morgan fingerprint density at radius 1 is 1.17 bits per heavy atom. The highest BCUT2D eigenvalue weighted by molar-refractivity contribution is 8.00. The van der Waals surface area contributed by atoms with E-state index in [2.05, 4.69) is 30.9 Å². The van der Waals surface area contributed by atoms with E-state index in [0.717, 1.165) is 11.4 Å². The monoisotopic (exact) mass is 341 g/mol. The first kappa shape index (κ1) is 16.8. The summed E-state index contributed by atoms with van der Waals surface area (Å²) in [7, 11) is 1.98. The molecule has 1 aliphatic heterocycles. The second-order valence-corrected chi connectivity index (χ2v) is 7.43. The summed E-state index contributed by atoms with van der Waals surface area (Å²) in [6.07, 6.45) is 1.70. The minimum absolute atomic E-state index is 0.00835. The molecular weight excluding hydrogens is 321 g/mol. The lowest BCUT2D eigenvalue weighted by Gasteiger charge is -2.23. The molecule has 4 heteroatoms. The van der Waals surface area contributed by atoms with Crippen molar-refractivity contribution < 1.29 is 9.18 Å². The van der Waals surface area contributed by atoms with E-state index >= 15 is 0 Å². The van der Waals surface area contributed by atoms with Crippen LogP contribution in [0, 0.1) is 5.82 Å². The van der Waals surface area contributed by atoms with Gasteiger partial charge in [0.25, 0.3) is 0 Å². The molecule has 0 unspecified atom stereocenters. The van der Waals surface area contributed by atoms with Crippen LogP contribution >= 0.6 is 11.8 Å². The molecule has 0 aliphatic carbocycles. The largest absolute Gasteiger partial charge is 0.347 e. The summed E-state index contributed by atoms with van der Waals surface area (Å²) in [6.45, 7) is 4.25. The first-order valence-electron chi connectivity index (χ1n) is 7.87. The van der Waals surface area contributed by atoms with Crippen molar-refractivity contribution in [2.24, 2.45) is 0 Å². The van der Waals surface area contributed by atoms with Gasteiger partial charge in [-0.1, -0.05) is 44.2 Å².